The SMILES string of the molecule is CCN(CC)C(=O)COc1cccc2c(C[C@@H](C)NC[C@@H](O)c3cccc(Cl)c3)c[nH]c12. The summed E-state index contributed by atoms with van der Waals surface area (Å²) in [6.07, 6.45) is 2.14. The number of aliphatic hydroxyl groups excluding tert-OH is 1. The lowest BCUT2D eigenvalue weighted by Gasteiger charge is -2.19. The Hall–Kier alpha value is -2.54. The molecule has 1 heterocycles. The number of aromatic nitrogens is 1. The van der Waals surface area contributed by atoms with Crippen molar-refractivity contribution in [3.8, 4) is 5.75 Å². The van der Waals surface area contributed by atoms with Crippen LogP contribution in [0.15, 0.2) is 48.7 Å². The fourth-order valence-corrected chi connectivity index (χ4v) is 4.03. The van der Waals surface area contributed by atoms with Crippen molar-refractivity contribution in [2.75, 3.05) is 26.2 Å². The second kappa shape index (κ2) is 11.4. The van der Waals surface area contributed by atoms with Gasteiger partial charge in [0, 0.05) is 42.3 Å². The van der Waals surface area contributed by atoms with Crippen LogP contribution in [-0.4, -0.2) is 53.2 Å². The van der Waals surface area contributed by atoms with Gasteiger partial charge in [0.25, 0.3) is 5.91 Å². The smallest absolute Gasteiger partial charge is 0.260 e. The van der Waals surface area contributed by atoms with Crippen molar-refractivity contribution in [2.45, 2.75) is 39.3 Å². The number of carbonyl (C=O) groups is 1. The second-order valence-electron chi connectivity index (χ2n) is 7.93. The minimum atomic E-state index is -0.623. The quantitative estimate of drug-likeness (QED) is 0.400. The van der Waals surface area contributed by atoms with Crippen LogP contribution in [0.25, 0.3) is 10.9 Å². The van der Waals surface area contributed by atoms with Gasteiger partial charge in [0.05, 0.1) is 11.6 Å². The molecule has 0 aliphatic heterocycles. The number of H-pyrrole nitrogens is 1. The van der Waals surface area contributed by atoms with Crippen molar-refractivity contribution in [2.24, 2.45) is 0 Å². The molecule has 6 nitrogen and oxygen atoms in total. The van der Waals surface area contributed by atoms with Crippen LogP contribution in [0.1, 0.15) is 38.0 Å². The molecule has 3 N–H and O–H groups in total. The predicted molar refractivity (Wildman–Crippen MR) is 129 cm³/mol. The molecule has 0 aliphatic rings. The topological polar surface area (TPSA) is 77.6 Å². The molecule has 32 heavy (non-hydrogen) atoms. The van der Waals surface area contributed by atoms with Gasteiger partial charge < -0.3 is 25.0 Å². The third kappa shape index (κ3) is 6.03. The van der Waals surface area contributed by atoms with Gasteiger partial charge >= 0.3 is 0 Å². The van der Waals surface area contributed by atoms with E-state index in [1.54, 1.807) is 17.0 Å². The first-order valence-electron chi connectivity index (χ1n) is 11.1. The molecule has 1 aromatic heterocycles. The standard InChI is InChI=1S/C25H32ClN3O3/c1-4-29(5-2)24(31)16-32-23-11-7-10-21-19(14-28-25(21)23)12-17(3)27-15-22(30)18-8-6-9-20(26)13-18/h6-11,13-14,17,22,27-28,30H,4-5,12,15-16H2,1-3H3/t17-,22-/m1/s1. The van der Waals surface area contributed by atoms with Crippen LogP contribution in [0.4, 0.5) is 0 Å². The fourth-order valence-electron chi connectivity index (χ4n) is 3.83. The number of hydrogen-bond donors (Lipinski definition) is 3. The molecule has 0 unspecified atom stereocenters. The van der Waals surface area contributed by atoms with Gasteiger partial charge in [-0.2, -0.15) is 0 Å². The molecule has 3 aromatic rings. The van der Waals surface area contributed by atoms with E-state index in [-0.39, 0.29) is 18.6 Å². The van der Waals surface area contributed by atoms with E-state index in [1.807, 2.05) is 50.4 Å². The summed E-state index contributed by atoms with van der Waals surface area (Å²) in [5.41, 5.74) is 2.84. The van der Waals surface area contributed by atoms with Crippen LogP contribution in [0.5, 0.6) is 5.75 Å². The van der Waals surface area contributed by atoms with Gasteiger partial charge in [-0.15, -0.1) is 0 Å². The van der Waals surface area contributed by atoms with Crippen molar-refractivity contribution < 1.29 is 14.6 Å². The Bertz CT molecular complexity index is 1030. The lowest BCUT2D eigenvalue weighted by molar-refractivity contribution is -0.132. The summed E-state index contributed by atoms with van der Waals surface area (Å²) in [6, 6.07) is 13.3. The summed E-state index contributed by atoms with van der Waals surface area (Å²) in [5.74, 6) is 0.654. The summed E-state index contributed by atoms with van der Waals surface area (Å²) in [7, 11) is 0. The third-order valence-corrected chi connectivity index (χ3v) is 5.88. The number of ether oxygens (including phenoxy) is 1. The normalized spacial score (nSPS) is 13.2. The lowest BCUT2D eigenvalue weighted by atomic mass is 10.0. The molecule has 3 rings (SSSR count). The van der Waals surface area contributed by atoms with Gasteiger partial charge in [-0.3, -0.25) is 4.79 Å². The number of amides is 1. The molecule has 0 spiro atoms. The highest BCUT2D eigenvalue weighted by atomic mass is 35.5. The summed E-state index contributed by atoms with van der Waals surface area (Å²) >= 11 is 6.02. The van der Waals surface area contributed by atoms with Crippen molar-refractivity contribution in [1.29, 1.82) is 0 Å². The maximum atomic E-state index is 12.3. The minimum absolute atomic E-state index is 0.0186. The summed E-state index contributed by atoms with van der Waals surface area (Å²) < 4.78 is 5.84. The summed E-state index contributed by atoms with van der Waals surface area (Å²) in [4.78, 5) is 17.3. The van der Waals surface area contributed by atoms with Gasteiger partial charge in [-0.1, -0.05) is 35.9 Å². The number of halogens is 1. The maximum Gasteiger partial charge on any atom is 0.260 e. The average Bonchev–Trinajstić information content (AvgIpc) is 3.20. The first-order chi connectivity index (χ1) is 15.4. The van der Waals surface area contributed by atoms with Crippen molar-refractivity contribution in [3.05, 3.63) is 64.8 Å². The number of para-hydroxylation sites is 1. The van der Waals surface area contributed by atoms with Crippen molar-refractivity contribution in [3.63, 3.8) is 0 Å². The number of rotatable bonds is 11. The first-order valence-corrected chi connectivity index (χ1v) is 11.5. The first kappa shape index (κ1) is 24.1. The van der Waals surface area contributed by atoms with Gasteiger partial charge in [0.15, 0.2) is 6.61 Å². The monoisotopic (exact) mass is 457 g/mol. The van der Waals surface area contributed by atoms with Crippen LogP contribution in [0.3, 0.4) is 0 Å². The zero-order valence-corrected chi connectivity index (χ0v) is 19.7. The van der Waals surface area contributed by atoms with Crippen LogP contribution in [-0.2, 0) is 11.2 Å². The van der Waals surface area contributed by atoms with Crippen LogP contribution in [0.2, 0.25) is 5.02 Å². The Kier molecular flexibility index (Phi) is 8.56. The average molecular weight is 458 g/mol. The Labute approximate surface area is 194 Å². The number of aromatic amines is 1. The molecule has 0 bridgehead atoms. The molecular weight excluding hydrogens is 426 g/mol. The zero-order valence-electron chi connectivity index (χ0n) is 18.9. The summed E-state index contributed by atoms with van der Waals surface area (Å²) in [6.45, 7) is 7.82. The molecule has 0 saturated heterocycles. The van der Waals surface area contributed by atoms with E-state index in [4.69, 9.17) is 16.3 Å². The summed E-state index contributed by atoms with van der Waals surface area (Å²) in [5, 5.41) is 15.5. The zero-order chi connectivity index (χ0) is 23.1. The van der Waals surface area contributed by atoms with E-state index < -0.39 is 6.10 Å². The molecule has 0 aliphatic carbocycles. The molecular formula is C25H32ClN3O3. The molecule has 0 fully saturated rings. The maximum absolute atomic E-state index is 12.3. The third-order valence-electron chi connectivity index (χ3n) is 5.65. The van der Waals surface area contributed by atoms with Gasteiger partial charge in [-0.05, 0) is 56.5 Å². The Balaban J connectivity index is 1.60. The van der Waals surface area contributed by atoms with Gasteiger partial charge in [0.1, 0.15) is 5.75 Å². The Morgan fingerprint density at radius 2 is 1.97 bits per heavy atom. The molecule has 0 radical (unpaired) electrons. The number of likely N-dealkylation sites (N-methyl/N-ethyl adjacent to an activating group) is 1. The van der Waals surface area contributed by atoms with E-state index in [1.165, 1.54) is 0 Å². The Morgan fingerprint density at radius 1 is 1.22 bits per heavy atom. The van der Waals surface area contributed by atoms with Gasteiger partial charge in [-0.25, -0.2) is 0 Å². The predicted octanol–water partition coefficient (Wildman–Crippen LogP) is 4.32. The number of fused-ring (bicyclic) bond motifs is 1. The van der Waals surface area contributed by atoms with E-state index >= 15 is 0 Å². The number of nitrogens with zero attached hydrogens (tertiary/aromatic N) is 1. The number of aliphatic hydroxyl groups is 1. The van der Waals surface area contributed by atoms with E-state index in [9.17, 15) is 9.90 Å². The number of nitrogens with one attached hydrogen (secondary N) is 2. The fraction of sp³-hybridized carbons (Fsp3) is 0.400. The minimum Gasteiger partial charge on any atom is -0.482 e. The molecule has 1 amide bonds. The second-order valence-corrected chi connectivity index (χ2v) is 8.37. The number of hydrogen-bond acceptors (Lipinski definition) is 4. The van der Waals surface area contributed by atoms with Crippen molar-refractivity contribution in [1.82, 2.24) is 15.2 Å². The van der Waals surface area contributed by atoms with E-state index in [0.717, 1.165) is 28.5 Å². The van der Waals surface area contributed by atoms with Crippen LogP contribution in [0, 0.1) is 0 Å². The molecule has 2 atom stereocenters. The molecule has 0 saturated carbocycles. The highest BCUT2D eigenvalue weighted by Gasteiger charge is 2.15. The van der Waals surface area contributed by atoms with Crippen LogP contribution < -0.4 is 10.1 Å². The lowest BCUT2D eigenvalue weighted by Crippen LogP contribution is -2.34. The van der Waals surface area contributed by atoms with Gasteiger partial charge in [0.2, 0.25) is 0 Å². The highest BCUT2D eigenvalue weighted by molar-refractivity contribution is 6.30. The molecule has 2 aromatic carbocycles. The number of benzene rings is 2. The van der Waals surface area contributed by atoms with E-state index in [0.29, 0.717) is 30.4 Å². The molecule has 172 valence electrons. The Morgan fingerprint density at radius 3 is 2.69 bits per heavy atom. The van der Waals surface area contributed by atoms with Crippen LogP contribution >= 0.6 is 11.6 Å². The highest BCUT2D eigenvalue weighted by Crippen LogP contribution is 2.28. The van der Waals surface area contributed by atoms with Crippen molar-refractivity contribution >= 4 is 28.4 Å². The van der Waals surface area contributed by atoms with E-state index in [2.05, 4.69) is 17.2 Å². The molecule has 7 heteroatoms. The largest absolute Gasteiger partial charge is 0.482 e. The number of carbonyl (C=O) groups excluding carboxylic acids is 1.